The third-order valence-electron chi connectivity index (χ3n) is 4.49. The van der Waals surface area contributed by atoms with E-state index in [4.69, 9.17) is 4.42 Å². The predicted molar refractivity (Wildman–Crippen MR) is 99.8 cm³/mol. The highest BCUT2D eigenvalue weighted by atomic mass is 16.4. The standard InChI is InChI=1S/C20H22N4O/c1-2-6-16(7-3-1)20-23-22-19(25-20)12-13-21-17-8-10-18(11-9-17)24-14-4-5-15-24/h1-3,6-11,21H,4-5,12-15H2. The SMILES string of the molecule is c1ccc(-c2nnc(CCNc3ccc(N4CCCC4)cc3)o2)cc1. The largest absolute Gasteiger partial charge is 0.421 e. The molecule has 0 amide bonds. The van der Waals surface area contributed by atoms with Crippen LogP contribution in [-0.2, 0) is 6.42 Å². The Morgan fingerprint density at radius 2 is 1.68 bits per heavy atom. The number of benzene rings is 2. The van der Waals surface area contributed by atoms with Crippen LogP contribution in [0.15, 0.2) is 59.0 Å². The zero-order valence-electron chi connectivity index (χ0n) is 14.2. The molecule has 1 aromatic heterocycles. The van der Waals surface area contributed by atoms with Crippen LogP contribution in [0.1, 0.15) is 18.7 Å². The van der Waals surface area contributed by atoms with E-state index in [9.17, 15) is 0 Å². The Balaban J connectivity index is 1.30. The lowest BCUT2D eigenvalue weighted by Crippen LogP contribution is -2.17. The van der Waals surface area contributed by atoms with Crippen molar-refractivity contribution in [2.75, 3.05) is 29.9 Å². The maximum atomic E-state index is 5.73. The summed E-state index contributed by atoms with van der Waals surface area (Å²) < 4.78 is 5.73. The summed E-state index contributed by atoms with van der Waals surface area (Å²) in [5.74, 6) is 1.23. The Morgan fingerprint density at radius 1 is 0.920 bits per heavy atom. The first kappa shape index (κ1) is 15.7. The van der Waals surface area contributed by atoms with E-state index in [1.807, 2.05) is 30.3 Å². The molecule has 1 saturated heterocycles. The molecule has 0 unspecified atom stereocenters. The number of hydrogen-bond donors (Lipinski definition) is 1. The summed E-state index contributed by atoms with van der Waals surface area (Å²) in [4.78, 5) is 2.44. The number of anilines is 2. The van der Waals surface area contributed by atoms with Gasteiger partial charge in [0.25, 0.3) is 0 Å². The van der Waals surface area contributed by atoms with Gasteiger partial charge in [0.15, 0.2) is 0 Å². The first-order chi connectivity index (χ1) is 12.4. The average molecular weight is 334 g/mol. The molecule has 128 valence electrons. The number of nitrogens with one attached hydrogen (secondary N) is 1. The molecule has 0 spiro atoms. The lowest BCUT2D eigenvalue weighted by atomic mass is 10.2. The van der Waals surface area contributed by atoms with E-state index in [1.165, 1.54) is 31.6 Å². The van der Waals surface area contributed by atoms with Crippen LogP contribution in [-0.4, -0.2) is 29.8 Å². The molecule has 1 aliphatic rings. The van der Waals surface area contributed by atoms with Gasteiger partial charge in [0, 0.05) is 43.0 Å². The van der Waals surface area contributed by atoms with Crippen LogP contribution in [0.2, 0.25) is 0 Å². The van der Waals surface area contributed by atoms with Crippen LogP contribution in [0.3, 0.4) is 0 Å². The predicted octanol–water partition coefficient (Wildman–Crippen LogP) is 3.99. The molecule has 1 fully saturated rings. The smallest absolute Gasteiger partial charge is 0.247 e. The maximum Gasteiger partial charge on any atom is 0.247 e. The molecule has 4 rings (SSSR count). The van der Waals surface area contributed by atoms with E-state index >= 15 is 0 Å². The molecule has 25 heavy (non-hydrogen) atoms. The highest BCUT2D eigenvalue weighted by molar-refractivity contribution is 5.55. The summed E-state index contributed by atoms with van der Waals surface area (Å²) in [6.07, 6.45) is 3.30. The van der Waals surface area contributed by atoms with Gasteiger partial charge in [-0.2, -0.15) is 0 Å². The van der Waals surface area contributed by atoms with Gasteiger partial charge in [-0.1, -0.05) is 18.2 Å². The zero-order chi connectivity index (χ0) is 16.9. The van der Waals surface area contributed by atoms with Crippen LogP contribution >= 0.6 is 0 Å². The van der Waals surface area contributed by atoms with Crippen molar-refractivity contribution in [3.8, 4) is 11.5 Å². The number of aromatic nitrogens is 2. The van der Waals surface area contributed by atoms with Gasteiger partial charge in [-0.05, 0) is 49.2 Å². The van der Waals surface area contributed by atoms with Crippen molar-refractivity contribution >= 4 is 11.4 Å². The van der Waals surface area contributed by atoms with Crippen molar-refractivity contribution in [1.29, 1.82) is 0 Å². The topological polar surface area (TPSA) is 54.2 Å². The van der Waals surface area contributed by atoms with E-state index in [1.54, 1.807) is 0 Å². The Hall–Kier alpha value is -2.82. The van der Waals surface area contributed by atoms with Gasteiger partial charge in [0.05, 0.1) is 0 Å². The van der Waals surface area contributed by atoms with Crippen LogP contribution in [0, 0.1) is 0 Å². The summed E-state index contributed by atoms with van der Waals surface area (Å²) >= 11 is 0. The fourth-order valence-electron chi connectivity index (χ4n) is 3.13. The fraction of sp³-hybridized carbons (Fsp3) is 0.300. The summed E-state index contributed by atoms with van der Waals surface area (Å²) in [5.41, 5.74) is 3.38. The minimum absolute atomic E-state index is 0.575. The second-order valence-electron chi connectivity index (χ2n) is 6.28. The molecule has 0 bridgehead atoms. The molecule has 0 saturated carbocycles. The van der Waals surface area contributed by atoms with E-state index in [0.29, 0.717) is 18.2 Å². The second-order valence-corrected chi connectivity index (χ2v) is 6.28. The fourth-order valence-corrected chi connectivity index (χ4v) is 3.13. The molecule has 0 atom stereocenters. The monoisotopic (exact) mass is 334 g/mol. The molecule has 5 heteroatoms. The highest BCUT2D eigenvalue weighted by Gasteiger charge is 2.12. The van der Waals surface area contributed by atoms with Gasteiger partial charge in [0.2, 0.25) is 11.8 Å². The first-order valence-corrected chi connectivity index (χ1v) is 8.85. The molecule has 1 aliphatic heterocycles. The average Bonchev–Trinajstić information content (AvgIpc) is 3.35. The Labute approximate surface area is 147 Å². The van der Waals surface area contributed by atoms with Crippen molar-refractivity contribution in [2.45, 2.75) is 19.3 Å². The number of hydrogen-bond acceptors (Lipinski definition) is 5. The van der Waals surface area contributed by atoms with E-state index < -0.39 is 0 Å². The van der Waals surface area contributed by atoms with Crippen LogP contribution < -0.4 is 10.2 Å². The number of rotatable bonds is 6. The van der Waals surface area contributed by atoms with Gasteiger partial charge >= 0.3 is 0 Å². The van der Waals surface area contributed by atoms with Gasteiger partial charge in [-0.15, -0.1) is 10.2 Å². The molecule has 0 aliphatic carbocycles. The normalized spacial score (nSPS) is 14.0. The maximum absolute atomic E-state index is 5.73. The molecular weight excluding hydrogens is 312 g/mol. The Kier molecular flexibility index (Phi) is 4.63. The molecular formula is C20H22N4O. The molecule has 3 aromatic rings. The minimum atomic E-state index is 0.575. The second kappa shape index (κ2) is 7.38. The molecule has 5 nitrogen and oxygen atoms in total. The minimum Gasteiger partial charge on any atom is -0.421 e. The van der Waals surface area contributed by atoms with E-state index in [2.05, 4.69) is 44.7 Å². The van der Waals surface area contributed by atoms with Gasteiger partial charge in [0.1, 0.15) is 0 Å². The molecule has 2 heterocycles. The van der Waals surface area contributed by atoms with Crippen LogP contribution in [0.25, 0.3) is 11.5 Å². The lowest BCUT2D eigenvalue weighted by molar-refractivity contribution is 0.509. The zero-order valence-corrected chi connectivity index (χ0v) is 14.2. The van der Waals surface area contributed by atoms with Crippen molar-refractivity contribution in [1.82, 2.24) is 10.2 Å². The highest BCUT2D eigenvalue weighted by Crippen LogP contribution is 2.22. The van der Waals surface area contributed by atoms with E-state index in [0.717, 1.165) is 17.8 Å². The van der Waals surface area contributed by atoms with Gasteiger partial charge in [-0.25, -0.2) is 0 Å². The summed E-state index contributed by atoms with van der Waals surface area (Å²) in [5, 5.41) is 11.7. The van der Waals surface area contributed by atoms with Crippen molar-refractivity contribution < 1.29 is 4.42 Å². The third-order valence-corrected chi connectivity index (χ3v) is 4.49. The summed E-state index contributed by atoms with van der Waals surface area (Å²) in [6, 6.07) is 18.5. The molecule has 1 N–H and O–H groups in total. The number of nitrogens with zero attached hydrogens (tertiary/aromatic N) is 3. The Bertz CT molecular complexity index is 792. The van der Waals surface area contributed by atoms with Crippen molar-refractivity contribution in [3.05, 3.63) is 60.5 Å². The quantitative estimate of drug-likeness (QED) is 0.738. The Morgan fingerprint density at radius 3 is 2.44 bits per heavy atom. The summed E-state index contributed by atoms with van der Waals surface area (Å²) in [6.45, 7) is 3.11. The van der Waals surface area contributed by atoms with Gasteiger partial charge in [-0.3, -0.25) is 0 Å². The molecule has 0 radical (unpaired) electrons. The third kappa shape index (κ3) is 3.82. The van der Waals surface area contributed by atoms with Crippen LogP contribution in [0.5, 0.6) is 0 Å². The van der Waals surface area contributed by atoms with Crippen LogP contribution in [0.4, 0.5) is 11.4 Å². The van der Waals surface area contributed by atoms with E-state index in [-0.39, 0.29) is 0 Å². The molecule has 2 aromatic carbocycles. The first-order valence-electron chi connectivity index (χ1n) is 8.85. The van der Waals surface area contributed by atoms with Crippen molar-refractivity contribution in [2.24, 2.45) is 0 Å². The summed E-state index contributed by atoms with van der Waals surface area (Å²) in [7, 11) is 0. The van der Waals surface area contributed by atoms with Crippen molar-refractivity contribution in [3.63, 3.8) is 0 Å². The lowest BCUT2D eigenvalue weighted by Gasteiger charge is -2.17. The van der Waals surface area contributed by atoms with Gasteiger partial charge < -0.3 is 14.6 Å².